The maximum atomic E-state index is 6.20. The molecule has 140 valence electrons. The molecule has 5 heteroatoms. The summed E-state index contributed by atoms with van der Waals surface area (Å²) in [6.07, 6.45) is 0. The van der Waals surface area contributed by atoms with Crippen molar-refractivity contribution in [1.82, 2.24) is 0 Å². The first-order valence-electron chi connectivity index (χ1n) is 8.59. The first kappa shape index (κ1) is 19.6. The van der Waals surface area contributed by atoms with E-state index in [1.54, 1.807) is 7.11 Å². The van der Waals surface area contributed by atoms with Gasteiger partial charge in [-0.15, -0.1) is 0 Å². The van der Waals surface area contributed by atoms with Gasteiger partial charge in [-0.3, -0.25) is 0 Å². The van der Waals surface area contributed by atoms with Gasteiger partial charge in [-0.25, -0.2) is 0 Å². The van der Waals surface area contributed by atoms with Crippen molar-refractivity contribution in [3.8, 4) is 11.5 Å². The standard InChI is InChI=1S/C22H21BrClNO2/c1-15-4-3-5-16(10-15)14-27-21-8-6-18(23)11-17(21)13-25-19-7-9-22(26-2)20(24)12-19/h3-12,25H,13-14H2,1-2H3. The molecule has 0 amide bonds. The maximum absolute atomic E-state index is 6.20. The van der Waals surface area contributed by atoms with Crippen LogP contribution in [-0.4, -0.2) is 7.11 Å². The van der Waals surface area contributed by atoms with Gasteiger partial charge >= 0.3 is 0 Å². The minimum atomic E-state index is 0.532. The fourth-order valence-corrected chi connectivity index (χ4v) is 3.43. The van der Waals surface area contributed by atoms with Gasteiger partial charge in [0.1, 0.15) is 18.1 Å². The van der Waals surface area contributed by atoms with Crippen molar-refractivity contribution in [3.05, 3.63) is 86.8 Å². The van der Waals surface area contributed by atoms with E-state index in [0.717, 1.165) is 27.0 Å². The summed E-state index contributed by atoms with van der Waals surface area (Å²) in [4.78, 5) is 0. The number of rotatable bonds is 7. The molecule has 0 bridgehead atoms. The summed E-state index contributed by atoms with van der Waals surface area (Å²) in [5.41, 5.74) is 4.36. The molecular weight excluding hydrogens is 426 g/mol. The molecule has 0 spiro atoms. The molecule has 3 aromatic rings. The summed E-state index contributed by atoms with van der Waals surface area (Å²) < 4.78 is 12.3. The summed E-state index contributed by atoms with van der Waals surface area (Å²) in [6.45, 7) is 3.23. The van der Waals surface area contributed by atoms with E-state index in [1.165, 1.54) is 5.56 Å². The molecule has 0 unspecified atom stereocenters. The average Bonchev–Trinajstić information content (AvgIpc) is 2.66. The lowest BCUT2D eigenvalue weighted by Crippen LogP contribution is -2.04. The minimum Gasteiger partial charge on any atom is -0.495 e. The van der Waals surface area contributed by atoms with E-state index in [9.17, 15) is 0 Å². The summed E-state index contributed by atoms with van der Waals surface area (Å²) >= 11 is 9.74. The van der Waals surface area contributed by atoms with Crippen molar-refractivity contribution >= 4 is 33.2 Å². The molecule has 0 aliphatic carbocycles. The van der Waals surface area contributed by atoms with E-state index in [2.05, 4.69) is 52.4 Å². The Kier molecular flexibility index (Phi) is 6.64. The second-order valence-corrected chi connectivity index (χ2v) is 7.56. The highest BCUT2D eigenvalue weighted by Gasteiger charge is 2.07. The zero-order valence-electron chi connectivity index (χ0n) is 15.3. The highest BCUT2D eigenvalue weighted by atomic mass is 79.9. The molecule has 0 heterocycles. The van der Waals surface area contributed by atoms with Crippen LogP contribution in [0.5, 0.6) is 11.5 Å². The molecule has 3 nitrogen and oxygen atoms in total. The SMILES string of the molecule is COc1ccc(NCc2cc(Br)ccc2OCc2cccc(C)c2)cc1Cl. The Morgan fingerprint density at radius 1 is 1.00 bits per heavy atom. The van der Waals surface area contributed by atoms with Gasteiger partial charge in [0.05, 0.1) is 12.1 Å². The molecule has 0 saturated heterocycles. The van der Waals surface area contributed by atoms with Gasteiger partial charge in [0.25, 0.3) is 0 Å². The van der Waals surface area contributed by atoms with Crippen LogP contribution in [0.2, 0.25) is 5.02 Å². The van der Waals surface area contributed by atoms with Crippen LogP contribution in [-0.2, 0) is 13.2 Å². The monoisotopic (exact) mass is 445 g/mol. The molecule has 0 saturated carbocycles. The molecule has 0 aliphatic heterocycles. The zero-order valence-corrected chi connectivity index (χ0v) is 17.6. The van der Waals surface area contributed by atoms with E-state index in [1.807, 2.05) is 36.4 Å². The Bertz CT molecular complexity index is 930. The van der Waals surface area contributed by atoms with Gasteiger partial charge in [-0.05, 0) is 48.9 Å². The Hall–Kier alpha value is -2.17. The summed E-state index contributed by atoms with van der Waals surface area (Å²) in [5.74, 6) is 1.51. The van der Waals surface area contributed by atoms with Crippen LogP contribution in [0.3, 0.4) is 0 Å². The Labute approximate surface area is 173 Å². The lowest BCUT2D eigenvalue weighted by atomic mass is 10.1. The summed E-state index contributed by atoms with van der Waals surface area (Å²) in [7, 11) is 1.60. The fourth-order valence-electron chi connectivity index (χ4n) is 2.76. The van der Waals surface area contributed by atoms with Crippen LogP contribution in [0.4, 0.5) is 5.69 Å². The van der Waals surface area contributed by atoms with Crippen molar-refractivity contribution in [3.63, 3.8) is 0 Å². The molecule has 0 aromatic heterocycles. The lowest BCUT2D eigenvalue weighted by Gasteiger charge is -2.14. The number of benzene rings is 3. The number of halogens is 2. The second-order valence-electron chi connectivity index (χ2n) is 6.23. The summed E-state index contributed by atoms with van der Waals surface area (Å²) in [5, 5.41) is 3.96. The number of anilines is 1. The van der Waals surface area contributed by atoms with Gasteiger partial charge in [-0.1, -0.05) is 57.4 Å². The number of hydrogen-bond donors (Lipinski definition) is 1. The first-order valence-corrected chi connectivity index (χ1v) is 9.76. The first-order chi connectivity index (χ1) is 13.0. The molecule has 0 radical (unpaired) electrons. The van der Waals surface area contributed by atoms with E-state index in [4.69, 9.17) is 21.1 Å². The van der Waals surface area contributed by atoms with Crippen LogP contribution in [0.1, 0.15) is 16.7 Å². The minimum absolute atomic E-state index is 0.532. The van der Waals surface area contributed by atoms with Gasteiger partial charge in [0, 0.05) is 22.3 Å². The van der Waals surface area contributed by atoms with Crippen molar-refractivity contribution in [2.45, 2.75) is 20.1 Å². The zero-order chi connectivity index (χ0) is 19.2. The maximum Gasteiger partial charge on any atom is 0.137 e. The highest BCUT2D eigenvalue weighted by molar-refractivity contribution is 9.10. The molecule has 3 aromatic carbocycles. The quantitative estimate of drug-likeness (QED) is 0.443. The number of nitrogens with one attached hydrogen (secondary N) is 1. The molecular formula is C22H21BrClNO2. The molecule has 0 atom stereocenters. The van der Waals surface area contributed by atoms with Crippen molar-refractivity contribution in [1.29, 1.82) is 0 Å². The largest absolute Gasteiger partial charge is 0.495 e. The Morgan fingerprint density at radius 2 is 1.81 bits per heavy atom. The van der Waals surface area contributed by atoms with Crippen LogP contribution >= 0.6 is 27.5 Å². The van der Waals surface area contributed by atoms with Crippen LogP contribution in [0.25, 0.3) is 0 Å². The number of ether oxygens (including phenoxy) is 2. The van der Waals surface area contributed by atoms with Gasteiger partial charge in [-0.2, -0.15) is 0 Å². The third-order valence-electron chi connectivity index (χ3n) is 4.13. The topological polar surface area (TPSA) is 30.5 Å². The lowest BCUT2D eigenvalue weighted by molar-refractivity contribution is 0.303. The third-order valence-corrected chi connectivity index (χ3v) is 4.92. The number of methoxy groups -OCH3 is 1. The summed E-state index contributed by atoms with van der Waals surface area (Å²) in [6, 6.07) is 20.0. The van der Waals surface area contributed by atoms with Gasteiger partial charge in [0.15, 0.2) is 0 Å². The van der Waals surface area contributed by atoms with Gasteiger partial charge < -0.3 is 14.8 Å². The van der Waals surface area contributed by atoms with E-state index in [0.29, 0.717) is 23.9 Å². The molecule has 3 rings (SSSR count). The highest BCUT2D eigenvalue weighted by Crippen LogP contribution is 2.29. The second kappa shape index (κ2) is 9.16. The molecule has 0 aliphatic rings. The predicted molar refractivity (Wildman–Crippen MR) is 115 cm³/mol. The van der Waals surface area contributed by atoms with Crippen LogP contribution in [0, 0.1) is 6.92 Å². The van der Waals surface area contributed by atoms with E-state index in [-0.39, 0.29) is 0 Å². The predicted octanol–water partition coefficient (Wildman–Crippen LogP) is 6.61. The molecule has 27 heavy (non-hydrogen) atoms. The van der Waals surface area contributed by atoms with Crippen molar-refractivity contribution in [2.24, 2.45) is 0 Å². The van der Waals surface area contributed by atoms with Crippen molar-refractivity contribution in [2.75, 3.05) is 12.4 Å². The third kappa shape index (κ3) is 5.41. The number of aryl methyl sites for hydroxylation is 1. The smallest absolute Gasteiger partial charge is 0.137 e. The van der Waals surface area contributed by atoms with Crippen LogP contribution in [0.15, 0.2) is 65.1 Å². The molecule has 1 N–H and O–H groups in total. The van der Waals surface area contributed by atoms with Gasteiger partial charge in [0.2, 0.25) is 0 Å². The van der Waals surface area contributed by atoms with Crippen LogP contribution < -0.4 is 14.8 Å². The number of hydrogen-bond acceptors (Lipinski definition) is 3. The van der Waals surface area contributed by atoms with E-state index >= 15 is 0 Å². The van der Waals surface area contributed by atoms with Crippen molar-refractivity contribution < 1.29 is 9.47 Å². The Morgan fingerprint density at radius 3 is 2.56 bits per heavy atom. The normalized spacial score (nSPS) is 10.5. The molecule has 0 fully saturated rings. The Balaban J connectivity index is 1.71. The van der Waals surface area contributed by atoms with E-state index < -0.39 is 0 Å². The fraction of sp³-hybridized carbons (Fsp3) is 0.182. The average molecular weight is 447 g/mol.